The van der Waals surface area contributed by atoms with Gasteiger partial charge in [0.2, 0.25) is 0 Å². The molecular weight excluding hydrogens is 257 g/mol. The summed E-state index contributed by atoms with van der Waals surface area (Å²) in [5, 5.41) is 13.8. The number of halogens is 1. The van der Waals surface area contributed by atoms with Crippen molar-refractivity contribution in [3.05, 3.63) is 29.6 Å². The SMILES string of the molecule is COc1ccc(C(C)NCC2(O)CCCCC2)cc1F. The third kappa shape index (κ3) is 3.70. The number of rotatable bonds is 5. The second kappa shape index (κ2) is 6.55. The molecule has 0 spiro atoms. The first-order chi connectivity index (χ1) is 9.54. The largest absolute Gasteiger partial charge is 0.494 e. The molecular formula is C16H24FNO2. The first-order valence-corrected chi connectivity index (χ1v) is 7.33. The molecule has 0 bridgehead atoms. The fourth-order valence-corrected chi connectivity index (χ4v) is 2.80. The average molecular weight is 281 g/mol. The van der Waals surface area contributed by atoms with Crippen molar-refractivity contribution >= 4 is 0 Å². The van der Waals surface area contributed by atoms with Crippen LogP contribution in [0.1, 0.15) is 50.6 Å². The van der Waals surface area contributed by atoms with E-state index in [1.807, 2.05) is 13.0 Å². The van der Waals surface area contributed by atoms with Crippen molar-refractivity contribution in [2.75, 3.05) is 13.7 Å². The van der Waals surface area contributed by atoms with Crippen molar-refractivity contribution in [2.45, 2.75) is 50.7 Å². The van der Waals surface area contributed by atoms with Gasteiger partial charge in [-0.15, -0.1) is 0 Å². The van der Waals surface area contributed by atoms with Gasteiger partial charge in [-0.1, -0.05) is 25.3 Å². The quantitative estimate of drug-likeness (QED) is 0.871. The van der Waals surface area contributed by atoms with E-state index in [1.165, 1.54) is 19.6 Å². The summed E-state index contributed by atoms with van der Waals surface area (Å²) in [5.74, 6) is -0.0955. The third-order valence-electron chi connectivity index (χ3n) is 4.20. The van der Waals surface area contributed by atoms with Gasteiger partial charge < -0.3 is 15.2 Å². The fraction of sp³-hybridized carbons (Fsp3) is 0.625. The van der Waals surface area contributed by atoms with E-state index in [9.17, 15) is 9.50 Å². The maximum Gasteiger partial charge on any atom is 0.165 e. The molecule has 1 saturated carbocycles. The van der Waals surface area contributed by atoms with Crippen LogP contribution < -0.4 is 10.1 Å². The van der Waals surface area contributed by atoms with Gasteiger partial charge in [-0.05, 0) is 37.5 Å². The van der Waals surface area contributed by atoms with E-state index in [2.05, 4.69) is 5.32 Å². The second-order valence-corrected chi connectivity index (χ2v) is 5.78. The van der Waals surface area contributed by atoms with Crippen molar-refractivity contribution in [1.82, 2.24) is 5.32 Å². The Kier molecular flexibility index (Phi) is 5.00. The number of aliphatic hydroxyl groups is 1. The molecule has 2 rings (SSSR count). The highest BCUT2D eigenvalue weighted by Gasteiger charge is 2.29. The van der Waals surface area contributed by atoms with Crippen LogP contribution in [0, 0.1) is 5.82 Å². The third-order valence-corrected chi connectivity index (χ3v) is 4.20. The lowest BCUT2D eigenvalue weighted by molar-refractivity contribution is 0.00300. The smallest absolute Gasteiger partial charge is 0.165 e. The lowest BCUT2D eigenvalue weighted by Crippen LogP contribution is -2.42. The summed E-state index contributed by atoms with van der Waals surface area (Å²) in [6.45, 7) is 2.54. The zero-order valence-electron chi connectivity index (χ0n) is 12.3. The number of hydrogen-bond donors (Lipinski definition) is 2. The number of ether oxygens (including phenoxy) is 1. The van der Waals surface area contributed by atoms with Gasteiger partial charge in [-0.25, -0.2) is 4.39 Å². The van der Waals surface area contributed by atoms with Crippen molar-refractivity contribution in [3.63, 3.8) is 0 Å². The van der Waals surface area contributed by atoms with E-state index in [0.29, 0.717) is 6.54 Å². The Hall–Kier alpha value is -1.13. The summed E-state index contributed by atoms with van der Waals surface area (Å²) >= 11 is 0. The molecule has 20 heavy (non-hydrogen) atoms. The Bertz CT molecular complexity index is 444. The highest BCUT2D eigenvalue weighted by atomic mass is 19.1. The molecule has 1 aromatic rings. The Morgan fingerprint density at radius 1 is 1.35 bits per heavy atom. The zero-order valence-corrected chi connectivity index (χ0v) is 12.3. The van der Waals surface area contributed by atoms with Crippen LogP contribution in [0.15, 0.2) is 18.2 Å². The summed E-state index contributed by atoms with van der Waals surface area (Å²) < 4.78 is 18.6. The number of benzene rings is 1. The summed E-state index contributed by atoms with van der Waals surface area (Å²) in [5.41, 5.74) is 0.264. The lowest BCUT2D eigenvalue weighted by Gasteiger charge is -2.33. The standard InChI is InChI=1S/C16H24FNO2/c1-12(13-6-7-15(20-2)14(17)10-13)18-11-16(19)8-4-3-5-9-16/h6-7,10,12,18-19H,3-5,8-9,11H2,1-2H3. The van der Waals surface area contributed by atoms with Gasteiger partial charge in [0.15, 0.2) is 11.6 Å². The van der Waals surface area contributed by atoms with Crippen molar-refractivity contribution in [2.24, 2.45) is 0 Å². The number of hydrogen-bond acceptors (Lipinski definition) is 3. The van der Waals surface area contributed by atoms with Gasteiger partial charge in [0.05, 0.1) is 12.7 Å². The van der Waals surface area contributed by atoms with E-state index >= 15 is 0 Å². The Morgan fingerprint density at radius 3 is 2.65 bits per heavy atom. The monoisotopic (exact) mass is 281 g/mol. The fourth-order valence-electron chi connectivity index (χ4n) is 2.80. The molecule has 1 aliphatic carbocycles. The van der Waals surface area contributed by atoms with Crippen LogP contribution in [-0.2, 0) is 0 Å². The van der Waals surface area contributed by atoms with E-state index in [1.54, 1.807) is 6.07 Å². The van der Waals surface area contributed by atoms with Crippen molar-refractivity contribution < 1.29 is 14.2 Å². The molecule has 1 fully saturated rings. The molecule has 0 heterocycles. The molecule has 0 aliphatic heterocycles. The summed E-state index contributed by atoms with van der Waals surface area (Å²) in [6, 6.07) is 4.98. The van der Waals surface area contributed by atoms with Gasteiger partial charge >= 0.3 is 0 Å². The van der Waals surface area contributed by atoms with Crippen LogP contribution in [0.4, 0.5) is 4.39 Å². The normalized spacial score (nSPS) is 19.6. The topological polar surface area (TPSA) is 41.5 Å². The van der Waals surface area contributed by atoms with Gasteiger partial charge in [-0.3, -0.25) is 0 Å². The molecule has 0 saturated heterocycles. The lowest BCUT2D eigenvalue weighted by atomic mass is 9.84. The van der Waals surface area contributed by atoms with E-state index in [-0.39, 0.29) is 17.6 Å². The summed E-state index contributed by atoms with van der Waals surface area (Å²) in [7, 11) is 1.46. The van der Waals surface area contributed by atoms with E-state index < -0.39 is 5.60 Å². The molecule has 1 atom stereocenters. The van der Waals surface area contributed by atoms with Crippen LogP contribution in [0.3, 0.4) is 0 Å². The Morgan fingerprint density at radius 2 is 2.05 bits per heavy atom. The minimum atomic E-state index is -0.600. The maximum atomic E-state index is 13.7. The van der Waals surface area contributed by atoms with Gasteiger partial charge in [0, 0.05) is 12.6 Å². The molecule has 112 valence electrons. The molecule has 1 unspecified atom stereocenters. The molecule has 1 aliphatic rings. The predicted molar refractivity (Wildman–Crippen MR) is 77.4 cm³/mol. The van der Waals surface area contributed by atoms with Crippen LogP contribution >= 0.6 is 0 Å². The Labute approximate surface area is 120 Å². The van der Waals surface area contributed by atoms with Crippen LogP contribution in [-0.4, -0.2) is 24.4 Å². The van der Waals surface area contributed by atoms with Crippen molar-refractivity contribution in [3.8, 4) is 5.75 Å². The van der Waals surface area contributed by atoms with Gasteiger partial charge in [-0.2, -0.15) is 0 Å². The first kappa shape index (κ1) is 15.3. The molecule has 1 aromatic carbocycles. The first-order valence-electron chi connectivity index (χ1n) is 7.33. The molecule has 0 radical (unpaired) electrons. The molecule has 2 N–H and O–H groups in total. The molecule has 0 amide bonds. The van der Waals surface area contributed by atoms with Crippen LogP contribution in [0.5, 0.6) is 5.75 Å². The van der Waals surface area contributed by atoms with E-state index in [0.717, 1.165) is 31.2 Å². The minimum Gasteiger partial charge on any atom is -0.494 e. The second-order valence-electron chi connectivity index (χ2n) is 5.78. The van der Waals surface area contributed by atoms with Gasteiger partial charge in [0.25, 0.3) is 0 Å². The van der Waals surface area contributed by atoms with Crippen LogP contribution in [0.2, 0.25) is 0 Å². The number of nitrogens with one attached hydrogen (secondary N) is 1. The predicted octanol–water partition coefficient (Wildman–Crippen LogP) is 3.18. The van der Waals surface area contributed by atoms with E-state index in [4.69, 9.17) is 4.74 Å². The highest BCUT2D eigenvalue weighted by Crippen LogP contribution is 2.28. The Balaban J connectivity index is 1.94. The summed E-state index contributed by atoms with van der Waals surface area (Å²) in [4.78, 5) is 0. The number of methoxy groups -OCH3 is 1. The summed E-state index contributed by atoms with van der Waals surface area (Å²) in [6.07, 6.45) is 5.09. The maximum absolute atomic E-state index is 13.7. The zero-order chi connectivity index (χ0) is 14.6. The molecule has 3 nitrogen and oxygen atoms in total. The highest BCUT2D eigenvalue weighted by molar-refractivity contribution is 5.30. The van der Waals surface area contributed by atoms with Gasteiger partial charge in [0.1, 0.15) is 0 Å². The van der Waals surface area contributed by atoms with Crippen LogP contribution in [0.25, 0.3) is 0 Å². The molecule has 0 aromatic heterocycles. The molecule has 4 heteroatoms. The minimum absolute atomic E-state index is 0.00126. The average Bonchev–Trinajstić information content (AvgIpc) is 2.45. The van der Waals surface area contributed by atoms with Crippen molar-refractivity contribution in [1.29, 1.82) is 0 Å².